The van der Waals surface area contributed by atoms with Crippen LogP contribution in [-0.2, 0) is 0 Å². The molecule has 3 rings (SSSR count). The van der Waals surface area contributed by atoms with Crippen molar-refractivity contribution in [3.05, 3.63) is 94.8 Å². The predicted molar refractivity (Wildman–Crippen MR) is 91.9 cm³/mol. The zero-order valence-electron chi connectivity index (χ0n) is 13.1. The minimum Gasteiger partial charge on any atom is -0.207 e. The number of halogens is 3. The molecule has 0 atom stereocenters. The van der Waals surface area contributed by atoms with Crippen LogP contribution in [0.15, 0.2) is 60.7 Å². The standard InChI is InChI=1S/C21H15F3/c1-14-5-9-18(13-20(14)23)16-10-6-15(7-11-16)8-12-17-3-2-4-19(22)21(17)24/h2-13H,1H3. The van der Waals surface area contributed by atoms with Crippen molar-refractivity contribution in [1.29, 1.82) is 0 Å². The monoisotopic (exact) mass is 324 g/mol. The summed E-state index contributed by atoms with van der Waals surface area (Å²) in [5.74, 6) is -1.97. The smallest absolute Gasteiger partial charge is 0.166 e. The highest BCUT2D eigenvalue weighted by Gasteiger charge is 2.04. The molecule has 0 aromatic heterocycles. The van der Waals surface area contributed by atoms with Crippen molar-refractivity contribution >= 4 is 12.2 Å². The van der Waals surface area contributed by atoms with Crippen molar-refractivity contribution in [2.75, 3.05) is 0 Å². The number of aryl methyl sites for hydroxylation is 1. The van der Waals surface area contributed by atoms with Crippen molar-refractivity contribution in [1.82, 2.24) is 0 Å². The molecule has 120 valence electrons. The molecule has 24 heavy (non-hydrogen) atoms. The van der Waals surface area contributed by atoms with Gasteiger partial charge in [0.1, 0.15) is 5.82 Å². The van der Waals surface area contributed by atoms with Gasteiger partial charge in [0.05, 0.1) is 0 Å². The largest absolute Gasteiger partial charge is 0.207 e. The van der Waals surface area contributed by atoms with Crippen molar-refractivity contribution in [2.24, 2.45) is 0 Å². The van der Waals surface area contributed by atoms with Crippen LogP contribution in [0, 0.1) is 24.4 Å². The van der Waals surface area contributed by atoms with Crippen LogP contribution in [0.3, 0.4) is 0 Å². The van der Waals surface area contributed by atoms with E-state index in [4.69, 9.17) is 0 Å². The maximum absolute atomic E-state index is 13.6. The molecule has 0 saturated carbocycles. The zero-order valence-corrected chi connectivity index (χ0v) is 13.1. The predicted octanol–water partition coefficient (Wildman–Crippen LogP) is 6.25. The molecule has 0 aliphatic heterocycles. The van der Waals surface area contributed by atoms with E-state index in [1.165, 1.54) is 24.3 Å². The molecule has 0 bridgehead atoms. The van der Waals surface area contributed by atoms with E-state index in [2.05, 4.69) is 0 Å². The fraction of sp³-hybridized carbons (Fsp3) is 0.0476. The van der Waals surface area contributed by atoms with E-state index in [1.54, 1.807) is 19.1 Å². The summed E-state index contributed by atoms with van der Waals surface area (Å²) in [6, 6.07) is 16.6. The fourth-order valence-electron chi connectivity index (χ4n) is 2.39. The molecule has 3 aromatic rings. The third-order valence-electron chi connectivity index (χ3n) is 3.85. The molecule has 0 unspecified atom stereocenters. The van der Waals surface area contributed by atoms with Gasteiger partial charge in [-0.05, 0) is 41.3 Å². The van der Waals surface area contributed by atoms with Crippen molar-refractivity contribution in [2.45, 2.75) is 6.92 Å². The molecule has 0 saturated heterocycles. The Morgan fingerprint density at radius 3 is 2.12 bits per heavy atom. The van der Waals surface area contributed by atoms with Gasteiger partial charge in [0, 0.05) is 5.56 Å². The lowest BCUT2D eigenvalue weighted by Gasteiger charge is -2.04. The average Bonchev–Trinajstić information content (AvgIpc) is 2.59. The van der Waals surface area contributed by atoms with Gasteiger partial charge in [-0.25, -0.2) is 13.2 Å². The lowest BCUT2D eigenvalue weighted by Crippen LogP contribution is -1.87. The summed E-state index contributed by atoms with van der Waals surface area (Å²) in [4.78, 5) is 0. The molecule has 0 nitrogen and oxygen atoms in total. The van der Waals surface area contributed by atoms with E-state index < -0.39 is 11.6 Å². The van der Waals surface area contributed by atoms with Crippen molar-refractivity contribution < 1.29 is 13.2 Å². The molecular formula is C21H15F3. The zero-order chi connectivity index (χ0) is 17.1. The molecule has 0 radical (unpaired) electrons. The first-order chi connectivity index (χ1) is 11.5. The Morgan fingerprint density at radius 1 is 0.708 bits per heavy atom. The highest BCUT2D eigenvalue weighted by atomic mass is 19.2. The lowest BCUT2D eigenvalue weighted by molar-refractivity contribution is 0.507. The maximum atomic E-state index is 13.6. The van der Waals surface area contributed by atoms with Crippen LogP contribution in [0.4, 0.5) is 13.2 Å². The highest BCUT2D eigenvalue weighted by Crippen LogP contribution is 2.23. The molecule has 0 spiro atoms. The van der Waals surface area contributed by atoms with Gasteiger partial charge in [-0.3, -0.25) is 0 Å². The molecule has 0 aliphatic carbocycles. The van der Waals surface area contributed by atoms with Gasteiger partial charge in [-0.15, -0.1) is 0 Å². The minimum absolute atomic E-state index is 0.194. The van der Waals surface area contributed by atoms with Gasteiger partial charge < -0.3 is 0 Å². The van der Waals surface area contributed by atoms with Crippen LogP contribution in [0.5, 0.6) is 0 Å². The minimum atomic E-state index is -0.867. The van der Waals surface area contributed by atoms with Crippen LogP contribution < -0.4 is 0 Å². The summed E-state index contributed by atoms with van der Waals surface area (Å²) < 4.78 is 40.4. The van der Waals surface area contributed by atoms with E-state index in [9.17, 15) is 13.2 Å². The number of benzene rings is 3. The molecule has 0 aliphatic rings. The SMILES string of the molecule is Cc1ccc(-c2ccc(C=Cc3cccc(F)c3F)cc2)cc1F. The number of rotatable bonds is 3. The molecule has 0 amide bonds. The first-order valence-electron chi connectivity index (χ1n) is 7.53. The Morgan fingerprint density at radius 2 is 1.42 bits per heavy atom. The Hall–Kier alpha value is -2.81. The third kappa shape index (κ3) is 3.40. The quantitative estimate of drug-likeness (QED) is 0.500. The average molecular weight is 324 g/mol. The highest BCUT2D eigenvalue weighted by molar-refractivity contribution is 5.72. The summed E-state index contributed by atoms with van der Waals surface area (Å²) in [5.41, 5.74) is 3.33. The number of hydrogen-bond donors (Lipinski definition) is 0. The fourth-order valence-corrected chi connectivity index (χ4v) is 2.39. The Labute approximate surface area is 138 Å². The second-order valence-electron chi connectivity index (χ2n) is 5.56. The van der Waals surface area contributed by atoms with Crippen molar-refractivity contribution in [3.8, 4) is 11.1 Å². The normalized spacial score (nSPS) is 11.2. The van der Waals surface area contributed by atoms with E-state index in [1.807, 2.05) is 30.3 Å². The second-order valence-corrected chi connectivity index (χ2v) is 5.56. The van der Waals surface area contributed by atoms with E-state index in [0.29, 0.717) is 5.56 Å². The van der Waals surface area contributed by atoms with Gasteiger partial charge in [0.25, 0.3) is 0 Å². The summed E-state index contributed by atoms with van der Waals surface area (Å²) in [5, 5.41) is 0. The van der Waals surface area contributed by atoms with E-state index in [-0.39, 0.29) is 11.4 Å². The van der Waals surface area contributed by atoms with E-state index in [0.717, 1.165) is 22.8 Å². The van der Waals surface area contributed by atoms with Gasteiger partial charge in [0.2, 0.25) is 0 Å². The van der Waals surface area contributed by atoms with E-state index >= 15 is 0 Å². The first kappa shape index (κ1) is 16.1. The van der Waals surface area contributed by atoms with Gasteiger partial charge >= 0.3 is 0 Å². The Kier molecular flexibility index (Phi) is 4.52. The Bertz CT molecular complexity index is 893. The third-order valence-corrected chi connectivity index (χ3v) is 3.85. The maximum Gasteiger partial charge on any atom is 0.166 e. The van der Waals surface area contributed by atoms with Crippen LogP contribution in [0.2, 0.25) is 0 Å². The second kappa shape index (κ2) is 6.75. The molecule has 0 N–H and O–H groups in total. The van der Waals surface area contributed by atoms with Gasteiger partial charge in [0.15, 0.2) is 11.6 Å². The Balaban J connectivity index is 1.83. The molecule has 0 heterocycles. The summed E-state index contributed by atoms with van der Waals surface area (Å²) in [6.45, 7) is 1.72. The molecule has 3 aromatic carbocycles. The molecular weight excluding hydrogens is 309 g/mol. The van der Waals surface area contributed by atoms with Crippen LogP contribution in [-0.4, -0.2) is 0 Å². The van der Waals surface area contributed by atoms with Crippen LogP contribution in [0.1, 0.15) is 16.7 Å². The summed E-state index contributed by atoms with van der Waals surface area (Å²) in [6.07, 6.45) is 3.23. The van der Waals surface area contributed by atoms with Gasteiger partial charge in [-0.2, -0.15) is 0 Å². The molecule has 3 heteroatoms. The van der Waals surface area contributed by atoms with Gasteiger partial charge in [-0.1, -0.05) is 60.7 Å². The summed E-state index contributed by atoms with van der Waals surface area (Å²) >= 11 is 0. The van der Waals surface area contributed by atoms with Crippen molar-refractivity contribution in [3.63, 3.8) is 0 Å². The topological polar surface area (TPSA) is 0 Å². The van der Waals surface area contributed by atoms with Crippen LogP contribution >= 0.6 is 0 Å². The first-order valence-corrected chi connectivity index (χ1v) is 7.53. The molecule has 0 fully saturated rings. The van der Waals surface area contributed by atoms with Crippen LogP contribution in [0.25, 0.3) is 23.3 Å². The number of hydrogen-bond acceptors (Lipinski definition) is 0. The summed E-state index contributed by atoms with van der Waals surface area (Å²) in [7, 11) is 0. The lowest BCUT2D eigenvalue weighted by atomic mass is 10.0.